The second-order valence-corrected chi connectivity index (χ2v) is 22.7. The molecule has 0 unspecified atom stereocenters. The van der Waals surface area contributed by atoms with Crippen molar-refractivity contribution in [2.24, 2.45) is 5.92 Å². The Morgan fingerprint density at radius 2 is 1.48 bits per heavy atom. The van der Waals surface area contributed by atoms with Crippen LogP contribution in [0.3, 0.4) is 0 Å². The zero-order chi connectivity index (χ0) is 65.5. The van der Waals surface area contributed by atoms with E-state index in [0.29, 0.717) is 57.4 Å². The third-order valence-corrected chi connectivity index (χ3v) is 16.5. The Balaban J connectivity index is 0.745. The number of cyclic esters (lactones) is 1. The molecule has 1 aliphatic carbocycles. The van der Waals surface area contributed by atoms with Gasteiger partial charge in [0.05, 0.1) is 86.4 Å². The quantitative estimate of drug-likeness (QED) is 0.0173. The van der Waals surface area contributed by atoms with Crippen molar-refractivity contribution in [1.29, 1.82) is 0 Å². The van der Waals surface area contributed by atoms with E-state index in [-0.39, 0.29) is 146 Å². The SMILES string of the molecule is CC[C@@]1(O)C(=O)OCc2c1cc1n(c2=O)Cc2c-1nc1cc(F)c(C)c3c1c2[C@@H](NC(=O)CCCNC(=O)CCC(=O)[C@H](Cc1ccccc1)NC(=O)CCC(=O)CNC(=O)[C@H](CC(=O)O)CC(=O)CCOCCOCCNC(=O)CCN1C(=O)C=CC1=O)CC3. The molecule has 2 aromatic heterocycles. The van der Waals surface area contributed by atoms with Crippen molar-refractivity contribution in [1.82, 2.24) is 41.0 Å². The van der Waals surface area contributed by atoms with Crippen LogP contribution in [-0.4, -0.2) is 154 Å². The molecule has 484 valence electrons. The van der Waals surface area contributed by atoms with Gasteiger partial charge in [0.25, 0.3) is 17.4 Å². The molecule has 8 rings (SSSR count). The minimum atomic E-state index is -2.06. The Hall–Kier alpha value is -9.21. The molecule has 0 bridgehead atoms. The fourth-order valence-corrected chi connectivity index (χ4v) is 11.5. The summed E-state index contributed by atoms with van der Waals surface area (Å²) in [5.74, 6) is -9.20. The van der Waals surface area contributed by atoms with Gasteiger partial charge in [-0.25, -0.2) is 14.2 Å². The van der Waals surface area contributed by atoms with E-state index >= 15 is 4.39 Å². The summed E-state index contributed by atoms with van der Waals surface area (Å²) in [4.78, 5) is 172. The predicted molar refractivity (Wildman–Crippen MR) is 319 cm³/mol. The molecule has 4 aliphatic rings. The summed E-state index contributed by atoms with van der Waals surface area (Å²) >= 11 is 0. The number of hydrogen-bond acceptors (Lipinski definition) is 18. The molecule has 3 aliphatic heterocycles. The summed E-state index contributed by atoms with van der Waals surface area (Å²) < 4.78 is 32.9. The van der Waals surface area contributed by atoms with Crippen molar-refractivity contribution in [3.8, 4) is 11.4 Å². The Labute approximate surface area is 521 Å². The highest BCUT2D eigenvalue weighted by atomic mass is 19.1. The number of Topliss-reactive ketones (excluding diaryl/α,β-unsaturated/α-hetero) is 3. The van der Waals surface area contributed by atoms with Gasteiger partial charge < -0.3 is 55.6 Å². The van der Waals surface area contributed by atoms with Gasteiger partial charge in [-0.1, -0.05) is 37.3 Å². The topological polar surface area (TPSA) is 371 Å². The molecule has 4 atom stereocenters. The minimum absolute atomic E-state index is 0.00675. The van der Waals surface area contributed by atoms with Crippen LogP contribution in [0, 0.1) is 18.7 Å². The molecule has 5 heterocycles. The molecule has 7 N–H and O–H groups in total. The van der Waals surface area contributed by atoms with Crippen LogP contribution in [0.25, 0.3) is 22.3 Å². The number of aliphatic hydroxyl groups is 1. The number of amides is 7. The van der Waals surface area contributed by atoms with Gasteiger partial charge in [-0.2, -0.15) is 0 Å². The minimum Gasteiger partial charge on any atom is -0.481 e. The number of aryl methyl sites for hydroxylation is 1. The summed E-state index contributed by atoms with van der Waals surface area (Å²) in [6, 6.07) is 10.0. The average molecular weight is 1260 g/mol. The molecule has 91 heavy (non-hydrogen) atoms. The molecule has 27 heteroatoms. The normalized spacial score (nSPS) is 16.7. The number of imide groups is 1. The Kier molecular flexibility index (Phi) is 23.1. The number of esters is 1. The number of carbonyl (C=O) groups is 12. The maximum Gasteiger partial charge on any atom is 0.343 e. The number of nitrogens with one attached hydrogen (secondary N) is 5. The number of fused-ring (bicyclic) bond motifs is 5. The molecule has 0 radical (unpaired) electrons. The van der Waals surface area contributed by atoms with Gasteiger partial charge in [-0.15, -0.1) is 0 Å². The number of halogens is 1. The molecular formula is C64H73FN8O18. The van der Waals surface area contributed by atoms with E-state index in [4.69, 9.17) is 19.2 Å². The predicted octanol–water partition coefficient (Wildman–Crippen LogP) is 1.97. The monoisotopic (exact) mass is 1260 g/mol. The van der Waals surface area contributed by atoms with Gasteiger partial charge in [-0.05, 0) is 67.3 Å². The zero-order valence-corrected chi connectivity index (χ0v) is 50.5. The van der Waals surface area contributed by atoms with Gasteiger partial charge in [-0.3, -0.25) is 62.4 Å². The number of carboxylic acid groups (broad SMARTS) is 1. The van der Waals surface area contributed by atoms with Crippen molar-refractivity contribution in [2.45, 2.75) is 135 Å². The summed E-state index contributed by atoms with van der Waals surface area (Å²) in [7, 11) is 0. The van der Waals surface area contributed by atoms with E-state index in [2.05, 4.69) is 26.6 Å². The molecule has 0 saturated carbocycles. The number of ether oxygens (including phenoxy) is 3. The number of carboxylic acids is 1. The van der Waals surface area contributed by atoms with Crippen molar-refractivity contribution in [3.05, 3.63) is 110 Å². The Bertz CT molecular complexity index is 3630. The number of pyridine rings is 2. The van der Waals surface area contributed by atoms with E-state index in [0.717, 1.165) is 22.6 Å². The zero-order valence-electron chi connectivity index (χ0n) is 50.5. The van der Waals surface area contributed by atoms with Gasteiger partial charge >= 0.3 is 11.9 Å². The molecule has 0 fully saturated rings. The van der Waals surface area contributed by atoms with Gasteiger partial charge in [0.2, 0.25) is 29.5 Å². The van der Waals surface area contributed by atoms with Crippen LogP contribution < -0.4 is 32.1 Å². The van der Waals surface area contributed by atoms with Gasteiger partial charge in [0.1, 0.15) is 18.2 Å². The highest BCUT2D eigenvalue weighted by molar-refractivity contribution is 6.13. The van der Waals surface area contributed by atoms with E-state index in [1.165, 1.54) is 10.6 Å². The number of ketones is 3. The number of carbonyl (C=O) groups excluding carboxylic acids is 11. The van der Waals surface area contributed by atoms with Crippen molar-refractivity contribution >= 4 is 81.5 Å². The van der Waals surface area contributed by atoms with E-state index in [1.54, 1.807) is 50.2 Å². The Morgan fingerprint density at radius 1 is 0.780 bits per heavy atom. The van der Waals surface area contributed by atoms with Crippen LogP contribution in [0.5, 0.6) is 0 Å². The van der Waals surface area contributed by atoms with Gasteiger partial charge in [0, 0.05) is 106 Å². The maximum atomic E-state index is 15.4. The van der Waals surface area contributed by atoms with Crippen LogP contribution in [-0.2, 0) is 103 Å². The number of aliphatic carboxylic acids is 1. The molecular weight excluding hydrogens is 1190 g/mol. The van der Waals surface area contributed by atoms with E-state index < -0.39 is 113 Å². The van der Waals surface area contributed by atoms with Crippen LogP contribution in [0.4, 0.5) is 4.39 Å². The van der Waals surface area contributed by atoms with Crippen molar-refractivity contribution in [3.63, 3.8) is 0 Å². The Morgan fingerprint density at radius 3 is 2.21 bits per heavy atom. The van der Waals surface area contributed by atoms with Crippen LogP contribution in [0.15, 0.2) is 59.4 Å². The first-order valence-electron chi connectivity index (χ1n) is 30.3. The third-order valence-electron chi connectivity index (χ3n) is 16.5. The fraction of sp³-hybridized carbons (Fsp3) is 0.469. The van der Waals surface area contributed by atoms with Crippen LogP contribution in [0.1, 0.15) is 129 Å². The maximum absolute atomic E-state index is 15.4. The number of aromatic nitrogens is 2. The number of nitrogens with zero attached hydrogens (tertiary/aromatic N) is 3. The summed E-state index contributed by atoms with van der Waals surface area (Å²) in [5.41, 5.74) is 2.00. The number of hydrogen-bond donors (Lipinski definition) is 7. The second-order valence-electron chi connectivity index (χ2n) is 22.7. The first-order valence-corrected chi connectivity index (χ1v) is 30.3. The summed E-state index contributed by atoms with van der Waals surface area (Å²) in [5, 5.41) is 35.0. The first kappa shape index (κ1) is 67.7. The van der Waals surface area contributed by atoms with Crippen molar-refractivity contribution < 1.29 is 86.3 Å². The standard InChI is InChI=1S/C64H73FN8O18/c1-3-64(88)44-31-49-60-42(34-73(49)62(86)43(44)35-91-63(64)87)59-46(13-12-41-36(2)45(65)32-48(71-60)58(41)59)69-53(79)10-7-21-66-51(77)16-14-50(76)47(28-37-8-5-4-6-9-37)70-54(80)15-11-40(75)33-68-61(85)38(30-57(83)84)29-39(74)20-24-89-26-27-90-25-22-67-52(78)19-23-72-55(81)17-18-56(72)82/h4-6,8-9,17-18,31-32,38,46-47,88H,3,7,10-16,19-30,33-35H2,1-2H3,(H,66,77)(H,67,78)(H,68,85)(H,69,79)(H,70,80)(H,83,84)/t38-,46-,47-,64-/m0/s1. The largest absolute Gasteiger partial charge is 0.481 e. The highest BCUT2D eigenvalue weighted by Crippen LogP contribution is 2.46. The highest BCUT2D eigenvalue weighted by Gasteiger charge is 2.46. The molecule has 4 aromatic rings. The fourth-order valence-electron chi connectivity index (χ4n) is 11.5. The number of rotatable bonds is 35. The smallest absolute Gasteiger partial charge is 0.343 e. The summed E-state index contributed by atoms with van der Waals surface area (Å²) in [6.07, 6.45) is 0.696. The van der Waals surface area contributed by atoms with E-state index in [1.807, 2.05) is 0 Å². The van der Waals surface area contributed by atoms with Crippen LogP contribution in [0.2, 0.25) is 0 Å². The first-order chi connectivity index (χ1) is 43.6. The molecule has 0 saturated heterocycles. The molecule has 26 nitrogen and oxygen atoms in total. The molecule has 7 amide bonds. The molecule has 2 aromatic carbocycles. The lowest BCUT2D eigenvalue weighted by atomic mass is 9.81. The lowest BCUT2D eigenvalue weighted by Gasteiger charge is -2.31. The average Bonchev–Trinajstić information content (AvgIpc) is 1.63. The lowest BCUT2D eigenvalue weighted by molar-refractivity contribution is -0.172. The number of benzene rings is 2. The second kappa shape index (κ2) is 31.0. The lowest BCUT2D eigenvalue weighted by Crippen LogP contribution is -2.44. The summed E-state index contributed by atoms with van der Waals surface area (Å²) in [6.45, 7) is 2.93. The van der Waals surface area contributed by atoms with Crippen molar-refractivity contribution in [2.75, 3.05) is 52.6 Å². The van der Waals surface area contributed by atoms with Gasteiger partial charge in [0.15, 0.2) is 17.2 Å². The third kappa shape index (κ3) is 17.0. The molecule has 0 spiro atoms. The van der Waals surface area contributed by atoms with E-state index in [9.17, 15) is 72.5 Å². The van der Waals surface area contributed by atoms with Crippen LogP contribution >= 0.6 is 0 Å².